The molecule has 0 atom stereocenters. The first-order valence-corrected chi connectivity index (χ1v) is 10.2. The van der Waals surface area contributed by atoms with Crippen molar-refractivity contribution >= 4 is 35.0 Å². The highest BCUT2D eigenvalue weighted by Gasteiger charge is 2.10. The molecule has 2 aromatic carbocycles. The van der Waals surface area contributed by atoms with Gasteiger partial charge < -0.3 is 15.0 Å². The van der Waals surface area contributed by atoms with Crippen LogP contribution in [0.4, 0.5) is 5.69 Å². The van der Waals surface area contributed by atoms with E-state index in [2.05, 4.69) is 34.5 Å². The molecule has 26 heavy (non-hydrogen) atoms. The molecule has 1 fully saturated rings. The van der Waals surface area contributed by atoms with Crippen LogP contribution in [0.25, 0.3) is 0 Å². The summed E-state index contributed by atoms with van der Waals surface area (Å²) in [5, 5.41) is 3.71. The number of morpholine rings is 1. The normalized spacial score (nSPS) is 14.3. The Morgan fingerprint density at radius 1 is 1.04 bits per heavy atom. The molecule has 3 rings (SSSR count). The minimum absolute atomic E-state index is 0.0567. The van der Waals surface area contributed by atoms with Gasteiger partial charge in [0.2, 0.25) is 5.91 Å². The van der Waals surface area contributed by atoms with Crippen molar-refractivity contribution < 1.29 is 9.53 Å². The monoisotopic (exact) mass is 390 g/mol. The van der Waals surface area contributed by atoms with Gasteiger partial charge >= 0.3 is 0 Å². The summed E-state index contributed by atoms with van der Waals surface area (Å²) < 4.78 is 5.38. The molecule has 1 saturated heterocycles. The van der Waals surface area contributed by atoms with E-state index in [-0.39, 0.29) is 5.91 Å². The van der Waals surface area contributed by atoms with Gasteiger partial charge in [0.15, 0.2) is 0 Å². The van der Waals surface area contributed by atoms with E-state index >= 15 is 0 Å². The van der Waals surface area contributed by atoms with E-state index in [4.69, 9.17) is 16.3 Å². The largest absolute Gasteiger partial charge is 0.378 e. The summed E-state index contributed by atoms with van der Waals surface area (Å²) in [6, 6.07) is 16.1. The predicted molar refractivity (Wildman–Crippen MR) is 109 cm³/mol. The number of rotatable bonds is 7. The van der Waals surface area contributed by atoms with Gasteiger partial charge in [-0.3, -0.25) is 4.79 Å². The van der Waals surface area contributed by atoms with E-state index in [0.29, 0.717) is 12.3 Å². The Labute approximate surface area is 163 Å². The van der Waals surface area contributed by atoms with Crippen molar-refractivity contribution in [3.05, 3.63) is 64.7 Å². The number of hydrogen-bond acceptors (Lipinski definition) is 4. The molecule has 1 aliphatic heterocycles. The van der Waals surface area contributed by atoms with Crippen LogP contribution in [0.15, 0.2) is 48.5 Å². The van der Waals surface area contributed by atoms with Crippen molar-refractivity contribution in [3.8, 4) is 0 Å². The van der Waals surface area contributed by atoms with Gasteiger partial charge in [-0.25, -0.2) is 0 Å². The van der Waals surface area contributed by atoms with Gasteiger partial charge in [-0.15, -0.1) is 11.8 Å². The zero-order valence-corrected chi connectivity index (χ0v) is 16.2. The third kappa shape index (κ3) is 5.94. The summed E-state index contributed by atoms with van der Waals surface area (Å²) in [4.78, 5) is 14.3. The zero-order valence-electron chi connectivity index (χ0n) is 14.6. The molecule has 0 unspecified atom stereocenters. The van der Waals surface area contributed by atoms with E-state index in [9.17, 15) is 4.79 Å². The van der Waals surface area contributed by atoms with Gasteiger partial charge in [-0.2, -0.15) is 0 Å². The molecular weight excluding hydrogens is 368 g/mol. The van der Waals surface area contributed by atoms with Crippen LogP contribution >= 0.6 is 23.4 Å². The second-order valence-electron chi connectivity index (χ2n) is 6.16. The van der Waals surface area contributed by atoms with E-state index in [1.807, 2.05) is 24.3 Å². The molecule has 2 aromatic rings. The first-order valence-electron chi connectivity index (χ1n) is 8.71. The summed E-state index contributed by atoms with van der Waals surface area (Å²) >= 11 is 7.47. The van der Waals surface area contributed by atoms with Gasteiger partial charge in [-0.1, -0.05) is 35.9 Å². The van der Waals surface area contributed by atoms with Crippen molar-refractivity contribution in [1.82, 2.24) is 5.32 Å². The van der Waals surface area contributed by atoms with Crippen molar-refractivity contribution in [2.75, 3.05) is 37.0 Å². The van der Waals surface area contributed by atoms with Crippen LogP contribution in [0.2, 0.25) is 5.02 Å². The van der Waals surface area contributed by atoms with Crippen LogP contribution in [-0.2, 0) is 21.8 Å². The molecule has 0 radical (unpaired) electrons. The lowest BCUT2D eigenvalue weighted by Gasteiger charge is -2.28. The standard InChI is InChI=1S/C20H23ClN2O2S/c21-18-5-1-17(2-6-18)14-26-15-20(24)22-13-16-3-7-19(8-4-16)23-9-11-25-12-10-23/h1-8H,9-15H2,(H,22,24). The molecule has 4 nitrogen and oxygen atoms in total. The second-order valence-corrected chi connectivity index (χ2v) is 7.58. The molecule has 0 spiro atoms. The van der Waals surface area contributed by atoms with Crippen molar-refractivity contribution in [3.63, 3.8) is 0 Å². The number of carbonyl (C=O) groups is 1. The predicted octanol–water partition coefficient (Wildman–Crippen LogP) is 3.73. The highest BCUT2D eigenvalue weighted by Crippen LogP contribution is 2.17. The minimum atomic E-state index is 0.0567. The number of carbonyl (C=O) groups excluding carboxylic acids is 1. The Balaban J connectivity index is 1.37. The Morgan fingerprint density at radius 3 is 2.38 bits per heavy atom. The summed E-state index contributed by atoms with van der Waals surface area (Å²) in [6.45, 7) is 3.99. The summed E-state index contributed by atoms with van der Waals surface area (Å²) in [5.41, 5.74) is 3.49. The fourth-order valence-electron chi connectivity index (χ4n) is 2.74. The van der Waals surface area contributed by atoms with Crippen LogP contribution in [-0.4, -0.2) is 38.0 Å². The second kappa shape index (κ2) is 9.86. The number of anilines is 1. The molecule has 1 N–H and O–H groups in total. The van der Waals surface area contributed by atoms with Crippen LogP contribution < -0.4 is 10.2 Å². The molecule has 1 heterocycles. The van der Waals surface area contributed by atoms with Crippen molar-refractivity contribution in [1.29, 1.82) is 0 Å². The average molecular weight is 391 g/mol. The summed E-state index contributed by atoms with van der Waals surface area (Å²) in [6.07, 6.45) is 0. The van der Waals surface area contributed by atoms with Gasteiger partial charge in [0.1, 0.15) is 0 Å². The topological polar surface area (TPSA) is 41.6 Å². The number of hydrogen-bond donors (Lipinski definition) is 1. The number of halogens is 1. The molecule has 0 aliphatic carbocycles. The van der Waals surface area contributed by atoms with Crippen LogP contribution in [0.5, 0.6) is 0 Å². The van der Waals surface area contributed by atoms with Gasteiger partial charge in [0, 0.05) is 36.1 Å². The highest BCUT2D eigenvalue weighted by molar-refractivity contribution is 7.99. The number of nitrogens with one attached hydrogen (secondary N) is 1. The third-order valence-electron chi connectivity index (χ3n) is 4.22. The fraction of sp³-hybridized carbons (Fsp3) is 0.350. The van der Waals surface area contributed by atoms with E-state index in [1.54, 1.807) is 11.8 Å². The Morgan fingerprint density at radius 2 is 1.69 bits per heavy atom. The first kappa shape index (κ1) is 19.1. The lowest BCUT2D eigenvalue weighted by atomic mass is 10.2. The lowest BCUT2D eigenvalue weighted by molar-refractivity contribution is -0.118. The van der Waals surface area contributed by atoms with Gasteiger partial charge in [0.25, 0.3) is 0 Å². The maximum atomic E-state index is 12.0. The maximum Gasteiger partial charge on any atom is 0.230 e. The van der Waals surface area contributed by atoms with E-state index in [0.717, 1.165) is 42.6 Å². The molecule has 0 saturated carbocycles. The number of benzene rings is 2. The SMILES string of the molecule is O=C(CSCc1ccc(Cl)cc1)NCc1ccc(N2CCOCC2)cc1. The lowest BCUT2D eigenvalue weighted by Crippen LogP contribution is -2.36. The van der Waals surface area contributed by atoms with Crippen LogP contribution in [0, 0.1) is 0 Å². The van der Waals surface area contributed by atoms with Gasteiger partial charge in [-0.05, 0) is 35.4 Å². The number of ether oxygens (including phenoxy) is 1. The van der Waals surface area contributed by atoms with E-state index in [1.165, 1.54) is 11.3 Å². The summed E-state index contributed by atoms with van der Waals surface area (Å²) in [5.74, 6) is 1.31. The number of nitrogens with zero attached hydrogens (tertiary/aromatic N) is 1. The van der Waals surface area contributed by atoms with Crippen LogP contribution in [0.3, 0.4) is 0 Å². The molecule has 138 valence electrons. The van der Waals surface area contributed by atoms with E-state index < -0.39 is 0 Å². The summed E-state index contributed by atoms with van der Waals surface area (Å²) in [7, 11) is 0. The molecule has 1 aliphatic rings. The quantitative estimate of drug-likeness (QED) is 0.782. The van der Waals surface area contributed by atoms with Crippen molar-refractivity contribution in [2.45, 2.75) is 12.3 Å². The Bertz CT molecular complexity index is 701. The maximum absolute atomic E-state index is 12.0. The molecule has 1 amide bonds. The number of thioether (sulfide) groups is 1. The Kier molecular flexibility index (Phi) is 7.23. The molecular formula is C20H23ClN2O2S. The fourth-order valence-corrected chi connectivity index (χ4v) is 3.68. The highest BCUT2D eigenvalue weighted by atomic mass is 35.5. The van der Waals surface area contributed by atoms with Crippen molar-refractivity contribution in [2.24, 2.45) is 0 Å². The molecule has 6 heteroatoms. The van der Waals surface area contributed by atoms with Crippen LogP contribution in [0.1, 0.15) is 11.1 Å². The van der Waals surface area contributed by atoms with Gasteiger partial charge in [0.05, 0.1) is 19.0 Å². The smallest absolute Gasteiger partial charge is 0.230 e. The number of amides is 1. The minimum Gasteiger partial charge on any atom is -0.378 e. The Hall–Kier alpha value is -1.69. The molecule has 0 aromatic heterocycles. The average Bonchev–Trinajstić information content (AvgIpc) is 2.69. The third-order valence-corrected chi connectivity index (χ3v) is 5.47. The first-order chi connectivity index (χ1) is 12.7. The zero-order chi connectivity index (χ0) is 18.2. The molecule has 0 bridgehead atoms.